The second kappa shape index (κ2) is 6.26. The molecular formula is C17H22N2O2S. The average Bonchev–Trinajstić information content (AvgIpc) is 3.09. The molecule has 1 aliphatic heterocycles. The molecule has 0 saturated carbocycles. The summed E-state index contributed by atoms with van der Waals surface area (Å²) in [5.41, 5.74) is 1.16. The average molecular weight is 318 g/mol. The summed E-state index contributed by atoms with van der Waals surface area (Å²) in [6.07, 6.45) is 6.75. The molecule has 0 aliphatic carbocycles. The van der Waals surface area contributed by atoms with E-state index in [1.165, 1.54) is 0 Å². The van der Waals surface area contributed by atoms with Gasteiger partial charge in [0.05, 0.1) is 4.90 Å². The predicted octanol–water partition coefficient (Wildman–Crippen LogP) is 3.08. The van der Waals surface area contributed by atoms with E-state index in [-0.39, 0.29) is 0 Å². The first-order valence-corrected chi connectivity index (χ1v) is 9.27. The van der Waals surface area contributed by atoms with Gasteiger partial charge in [0.1, 0.15) is 0 Å². The second-order valence-corrected chi connectivity index (χ2v) is 7.70. The first-order chi connectivity index (χ1) is 10.6. The van der Waals surface area contributed by atoms with Gasteiger partial charge in [-0.05, 0) is 49.1 Å². The van der Waals surface area contributed by atoms with Crippen molar-refractivity contribution in [1.82, 2.24) is 8.87 Å². The fourth-order valence-electron chi connectivity index (χ4n) is 3.02. The Kier molecular flexibility index (Phi) is 4.36. The molecule has 1 aromatic heterocycles. The third-order valence-electron chi connectivity index (χ3n) is 4.44. The summed E-state index contributed by atoms with van der Waals surface area (Å²) in [5, 5.41) is 0. The van der Waals surface area contributed by atoms with Gasteiger partial charge in [0.15, 0.2) is 0 Å². The number of piperidine rings is 1. The molecule has 118 valence electrons. The van der Waals surface area contributed by atoms with E-state index in [0.29, 0.717) is 24.0 Å². The Labute approximate surface area is 132 Å². The number of hydrogen-bond donors (Lipinski definition) is 0. The van der Waals surface area contributed by atoms with Crippen LogP contribution in [0.25, 0.3) is 0 Å². The van der Waals surface area contributed by atoms with Crippen molar-refractivity contribution in [3.05, 3.63) is 54.4 Å². The minimum absolute atomic E-state index is 0.406. The zero-order chi connectivity index (χ0) is 15.6. The Hall–Kier alpha value is -1.59. The van der Waals surface area contributed by atoms with E-state index in [1.807, 2.05) is 24.3 Å². The molecule has 2 aromatic rings. The maximum Gasteiger partial charge on any atom is 0.243 e. The molecule has 0 N–H and O–H groups in total. The summed E-state index contributed by atoms with van der Waals surface area (Å²) in [4.78, 5) is 0.407. The number of rotatable bonds is 4. The van der Waals surface area contributed by atoms with Gasteiger partial charge in [-0.2, -0.15) is 4.31 Å². The monoisotopic (exact) mass is 318 g/mol. The van der Waals surface area contributed by atoms with E-state index >= 15 is 0 Å². The van der Waals surface area contributed by atoms with Crippen LogP contribution in [0, 0.1) is 0 Å². The Morgan fingerprint density at radius 1 is 1.05 bits per heavy atom. The van der Waals surface area contributed by atoms with Crippen molar-refractivity contribution < 1.29 is 8.42 Å². The number of benzene rings is 1. The molecule has 3 rings (SSSR count). The van der Waals surface area contributed by atoms with Crippen molar-refractivity contribution in [2.24, 2.45) is 0 Å². The fraction of sp³-hybridized carbons (Fsp3) is 0.412. The van der Waals surface area contributed by atoms with Crippen molar-refractivity contribution >= 4 is 10.0 Å². The normalized spacial score (nSPS) is 17.7. The maximum atomic E-state index is 12.7. The van der Waals surface area contributed by atoms with E-state index in [9.17, 15) is 8.42 Å². The lowest BCUT2D eigenvalue weighted by Gasteiger charge is -2.32. The minimum atomic E-state index is -3.36. The number of sulfonamides is 1. The summed E-state index contributed by atoms with van der Waals surface area (Å²) in [6, 6.07) is 11.7. The van der Waals surface area contributed by atoms with Crippen LogP contribution in [0.5, 0.6) is 0 Å². The van der Waals surface area contributed by atoms with Crippen LogP contribution >= 0.6 is 0 Å². The smallest absolute Gasteiger partial charge is 0.243 e. The van der Waals surface area contributed by atoms with Crippen molar-refractivity contribution in [2.75, 3.05) is 13.1 Å². The lowest BCUT2D eigenvalue weighted by Crippen LogP contribution is -2.38. The van der Waals surface area contributed by atoms with Crippen LogP contribution in [0.4, 0.5) is 0 Å². The van der Waals surface area contributed by atoms with E-state index in [0.717, 1.165) is 24.8 Å². The van der Waals surface area contributed by atoms with Gasteiger partial charge < -0.3 is 4.57 Å². The molecule has 0 unspecified atom stereocenters. The molecule has 0 spiro atoms. The first kappa shape index (κ1) is 15.3. The highest BCUT2D eigenvalue weighted by Gasteiger charge is 2.29. The van der Waals surface area contributed by atoms with E-state index in [1.54, 1.807) is 16.4 Å². The zero-order valence-corrected chi connectivity index (χ0v) is 13.7. The minimum Gasteiger partial charge on any atom is -0.351 e. The topological polar surface area (TPSA) is 42.3 Å². The second-order valence-electron chi connectivity index (χ2n) is 5.76. The SMILES string of the molecule is CCc1ccc(S(=O)(=O)N2CCC(n3cccc3)CC2)cc1. The van der Waals surface area contributed by atoms with Gasteiger partial charge in [-0.3, -0.25) is 0 Å². The summed E-state index contributed by atoms with van der Waals surface area (Å²) in [5.74, 6) is 0. The third-order valence-corrected chi connectivity index (χ3v) is 6.35. The van der Waals surface area contributed by atoms with Crippen molar-refractivity contribution in [3.63, 3.8) is 0 Å². The first-order valence-electron chi connectivity index (χ1n) is 7.83. The summed E-state index contributed by atoms with van der Waals surface area (Å²) in [7, 11) is -3.36. The fourth-order valence-corrected chi connectivity index (χ4v) is 4.49. The molecule has 0 bridgehead atoms. The van der Waals surface area contributed by atoms with Crippen LogP contribution in [0.1, 0.15) is 31.4 Å². The molecule has 5 heteroatoms. The molecule has 2 heterocycles. The highest BCUT2D eigenvalue weighted by atomic mass is 32.2. The van der Waals surface area contributed by atoms with E-state index in [2.05, 4.69) is 23.9 Å². The van der Waals surface area contributed by atoms with Crippen LogP contribution in [0.2, 0.25) is 0 Å². The standard InChI is InChI=1S/C17H22N2O2S/c1-2-15-5-7-17(8-6-15)22(20,21)19-13-9-16(10-14-19)18-11-3-4-12-18/h3-8,11-12,16H,2,9-10,13-14H2,1H3. The molecule has 1 aromatic carbocycles. The number of nitrogens with zero attached hydrogens (tertiary/aromatic N) is 2. The summed E-state index contributed by atoms with van der Waals surface area (Å²) in [6.45, 7) is 3.23. The Morgan fingerprint density at radius 3 is 2.18 bits per heavy atom. The lowest BCUT2D eigenvalue weighted by atomic mass is 10.1. The Morgan fingerprint density at radius 2 is 1.64 bits per heavy atom. The van der Waals surface area contributed by atoms with Gasteiger partial charge in [-0.1, -0.05) is 19.1 Å². The summed E-state index contributed by atoms with van der Waals surface area (Å²) < 4.78 is 29.2. The van der Waals surface area contributed by atoms with E-state index in [4.69, 9.17) is 0 Å². The molecule has 4 nitrogen and oxygen atoms in total. The maximum absolute atomic E-state index is 12.7. The van der Waals surface area contributed by atoms with Gasteiger partial charge in [0.25, 0.3) is 0 Å². The van der Waals surface area contributed by atoms with Crippen LogP contribution in [-0.2, 0) is 16.4 Å². The van der Waals surface area contributed by atoms with Crippen LogP contribution in [0.3, 0.4) is 0 Å². The van der Waals surface area contributed by atoms with Gasteiger partial charge in [0.2, 0.25) is 10.0 Å². The molecular weight excluding hydrogens is 296 g/mol. The Balaban J connectivity index is 1.71. The van der Waals surface area contributed by atoms with Crippen molar-refractivity contribution in [2.45, 2.75) is 37.1 Å². The Bertz CT molecular complexity index is 698. The third kappa shape index (κ3) is 2.96. The van der Waals surface area contributed by atoms with Gasteiger partial charge in [-0.25, -0.2) is 8.42 Å². The van der Waals surface area contributed by atoms with Gasteiger partial charge in [0, 0.05) is 31.5 Å². The zero-order valence-electron chi connectivity index (χ0n) is 12.9. The van der Waals surface area contributed by atoms with Crippen LogP contribution in [0.15, 0.2) is 53.7 Å². The number of aryl methyl sites for hydroxylation is 1. The number of hydrogen-bond acceptors (Lipinski definition) is 2. The van der Waals surface area contributed by atoms with Crippen LogP contribution in [-0.4, -0.2) is 30.4 Å². The van der Waals surface area contributed by atoms with Gasteiger partial charge in [-0.15, -0.1) is 0 Å². The molecule has 1 aliphatic rings. The quantitative estimate of drug-likeness (QED) is 0.869. The molecule has 0 amide bonds. The highest BCUT2D eigenvalue weighted by Crippen LogP contribution is 2.27. The highest BCUT2D eigenvalue weighted by molar-refractivity contribution is 7.89. The molecule has 0 atom stereocenters. The number of aromatic nitrogens is 1. The lowest BCUT2D eigenvalue weighted by molar-refractivity contribution is 0.274. The molecule has 22 heavy (non-hydrogen) atoms. The molecule has 0 radical (unpaired) electrons. The summed E-state index contributed by atoms with van der Waals surface area (Å²) >= 11 is 0. The molecule has 1 fully saturated rings. The predicted molar refractivity (Wildman–Crippen MR) is 87.3 cm³/mol. The van der Waals surface area contributed by atoms with Crippen molar-refractivity contribution in [3.8, 4) is 0 Å². The molecule has 1 saturated heterocycles. The van der Waals surface area contributed by atoms with E-state index < -0.39 is 10.0 Å². The van der Waals surface area contributed by atoms with Gasteiger partial charge >= 0.3 is 0 Å². The van der Waals surface area contributed by atoms with Crippen molar-refractivity contribution in [1.29, 1.82) is 0 Å². The largest absolute Gasteiger partial charge is 0.351 e. The van der Waals surface area contributed by atoms with Crippen LogP contribution < -0.4 is 0 Å².